The molecule has 0 spiro atoms. The minimum atomic E-state index is 0.543. The maximum Gasteiger partial charge on any atom is 0.164 e. The SMILES string of the molecule is c1ccc(-c2ccc(-c3nc(-c4ccccc4)nc(-c4cc(-c5cc6oc7ccccc7c6cc5-n5c6ccccc6c6cc(-c7ccccc7)ccc65)cc5oc6ccccc6c45)n3)cc2)cc1. The van der Waals surface area contributed by atoms with E-state index >= 15 is 0 Å². The molecule has 4 heterocycles. The summed E-state index contributed by atoms with van der Waals surface area (Å²) >= 11 is 0. The maximum atomic E-state index is 6.82. The third-order valence-corrected chi connectivity index (χ3v) is 13.5. The Morgan fingerprint density at radius 2 is 0.783 bits per heavy atom. The number of aromatic nitrogens is 4. The second-order valence-electron chi connectivity index (χ2n) is 17.5. The molecule has 0 saturated carbocycles. The Hall–Kier alpha value is -9.39. The van der Waals surface area contributed by atoms with Crippen molar-refractivity contribution in [2.75, 3.05) is 0 Å². The van der Waals surface area contributed by atoms with Gasteiger partial charge in [-0.2, -0.15) is 0 Å². The van der Waals surface area contributed by atoms with E-state index in [1.54, 1.807) is 0 Å². The van der Waals surface area contributed by atoms with Gasteiger partial charge in [0.1, 0.15) is 22.3 Å². The molecule has 0 saturated heterocycles. The molecule has 0 aliphatic heterocycles. The van der Waals surface area contributed by atoms with Crippen LogP contribution < -0.4 is 0 Å². The number of para-hydroxylation sites is 3. The first-order valence-electron chi connectivity index (χ1n) is 23.2. The molecule has 0 fully saturated rings. The first kappa shape index (κ1) is 38.8. The molecular formula is C63H38N4O2. The number of benzene rings is 10. The Morgan fingerprint density at radius 1 is 0.275 bits per heavy atom. The molecule has 0 atom stereocenters. The molecule has 6 heteroatoms. The highest BCUT2D eigenvalue weighted by atomic mass is 16.3. The summed E-state index contributed by atoms with van der Waals surface area (Å²) in [4.78, 5) is 15.8. The lowest BCUT2D eigenvalue weighted by molar-refractivity contribution is 0.668. The molecular weight excluding hydrogens is 845 g/mol. The highest BCUT2D eigenvalue weighted by Crippen LogP contribution is 2.45. The van der Waals surface area contributed by atoms with Crippen molar-refractivity contribution in [2.24, 2.45) is 0 Å². The van der Waals surface area contributed by atoms with Gasteiger partial charge >= 0.3 is 0 Å². The predicted molar refractivity (Wildman–Crippen MR) is 281 cm³/mol. The van der Waals surface area contributed by atoms with Crippen molar-refractivity contribution in [3.63, 3.8) is 0 Å². The summed E-state index contributed by atoms with van der Waals surface area (Å²) in [7, 11) is 0. The van der Waals surface area contributed by atoms with Gasteiger partial charge in [-0.05, 0) is 82.4 Å². The van der Waals surface area contributed by atoms with Gasteiger partial charge in [0.25, 0.3) is 0 Å². The van der Waals surface area contributed by atoms with Gasteiger partial charge in [-0.1, -0.05) is 176 Å². The Labute approximate surface area is 396 Å². The molecule has 4 aromatic heterocycles. The van der Waals surface area contributed by atoms with Gasteiger partial charge in [0, 0.05) is 54.6 Å². The number of rotatable bonds is 7. The number of hydrogen-bond acceptors (Lipinski definition) is 5. The van der Waals surface area contributed by atoms with E-state index in [-0.39, 0.29) is 0 Å². The van der Waals surface area contributed by atoms with Crippen LogP contribution in [0.25, 0.3) is 139 Å². The third kappa shape index (κ3) is 6.45. The largest absolute Gasteiger partial charge is 0.456 e. The van der Waals surface area contributed by atoms with Crippen LogP contribution in [0.15, 0.2) is 239 Å². The Kier molecular flexibility index (Phi) is 8.79. The summed E-state index contributed by atoms with van der Waals surface area (Å²) in [5, 5.41) is 6.35. The first-order valence-corrected chi connectivity index (χ1v) is 23.2. The van der Waals surface area contributed by atoms with Crippen LogP contribution in [0.1, 0.15) is 0 Å². The van der Waals surface area contributed by atoms with Crippen LogP contribution in [0.3, 0.4) is 0 Å². The van der Waals surface area contributed by atoms with Crippen molar-refractivity contribution in [1.82, 2.24) is 19.5 Å². The Morgan fingerprint density at radius 3 is 1.51 bits per heavy atom. The molecule has 10 aromatic carbocycles. The molecule has 0 bridgehead atoms. The van der Waals surface area contributed by atoms with Gasteiger partial charge in [0.2, 0.25) is 0 Å². The van der Waals surface area contributed by atoms with Crippen molar-refractivity contribution in [1.29, 1.82) is 0 Å². The molecule has 14 aromatic rings. The van der Waals surface area contributed by atoms with Crippen molar-refractivity contribution < 1.29 is 8.83 Å². The summed E-state index contributed by atoms with van der Waals surface area (Å²) in [6.45, 7) is 0. The molecule has 6 nitrogen and oxygen atoms in total. The molecule has 0 unspecified atom stereocenters. The fraction of sp³-hybridized carbons (Fsp3) is 0. The minimum absolute atomic E-state index is 0.543. The van der Waals surface area contributed by atoms with E-state index in [0.29, 0.717) is 17.5 Å². The molecule has 0 aliphatic rings. The van der Waals surface area contributed by atoms with E-state index in [1.807, 2.05) is 60.7 Å². The van der Waals surface area contributed by atoms with Crippen LogP contribution in [0, 0.1) is 0 Å². The van der Waals surface area contributed by atoms with E-state index < -0.39 is 0 Å². The standard InChI is InChI=1S/C63H38N4O2/c1-4-16-39(17-5-1)41-28-30-43(31-29-41)62-64-61(42-20-8-3-9-21-42)65-63(66-62)52-35-45(36-59-60(52)48-24-12-15-27-57(48)69-59)49-38-58-51(47-23-11-14-26-56(47)68-58)37-55(49)67-53-25-13-10-22-46(53)50-34-44(32-33-54(50)67)40-18-6-2-7-19-40/h1-38H. The van der Waals surface area contributed by atoms with Crippen LogP contribution in [-0.2, 0) is 0 Å². The zero-order valence-corrected chi connectivity index (χ0v) is 37.0. The second-order valence-corrected chi connectivity index (χ2v) is 17.5. The predicted octanol–water partition coefficient (Wildman–Crippen LogP) is 16.8. The fourth-order valence-electron chi connectivity index (χ4n) is 10.2. The minimum Gasteiger partial charge on any atom is -0.456 e. The highest BCUT2D eigenvalue weighted by Gasteiger charge is 2.24. The smallest absolute Gasteiger partial charge is 0.164 e. The topological polar surface area (TPSA) is 69.9 Å². The lowest BCUT2D eigenvalue weighted by atomic mass is 9.95. The molecule has 14 rings (SSSR count). The fourth-order valence-corrected chi connectivity index (χ4v) is 10.2. The summed E-state index contributed by atoms with van der Waals surface area (Å²) in [6.07, 6.45) is 0. The van der Waals surface area contributed by atoms with Gasteiger partial charge in [-0.25, -0.2) is 15.0 Å². The summed E-state index contributed by atoms with van der Waals surface area (Å²) in [6, 6.07) is 80.4. The summed E-state index contributed by atoms with van der Waals surface area (Å²) < 4.78 is 15.9. The molecule has 0 aliphatic carbocycles. The van der Waals surface area contributed by atoms with Gasteiger partial charge < -0.3 is 13.4 Å². The lowest BCUT2D eigenvalue weighted by Gasteiger charge is -2.16. The van der Waals surface area contributed by atoms with Crippen LogP contribution in [0.2, 0.25) is 0 Å². The van der Waals surface area contributed by atoms with Crippen molar-refractivity contribution in [2.45, 2.75) is 0 Å². The van der Waals surface area contributed by atoms with Crippen LogP contribution in [-0.4, -0.2) is 19.5 Å². The maximum absolute atomic E-state index is 6.82. The molecule has 322 valence electrons. The zero-order valence-electron chi connectivity index (χ0n) is 37.0. The van der Waals surface area contributed by atoms with Crippen molar-refractivity contribution >= 4 is 65.7 Å². The summed E-state index contributed by atoms with van der Waals surface area (Å²) in [5.41, 5.74) is 15.5. The van der Waals surface area contributed by atoms with Gasteiger partial charge in [0.05, 0.1) is 16.7 Å². The average Bonchev–Trinajstić information content (AvgIpc) is 4.10. The van der Waals surface area contributed by atoms with E-state index in [4.69, 9.17) is 23.8 Å². The van der Waals surface area contributed by atoms with E-state index in [2.05, 4.69) is 174 Å². The number of nitrogens with zero attached hydrogens (tertiary/aromatic N) is 4. The number of fused-ring (bicyclic) bond motifs is 9. The number of furan rings is 2. The average molecular weight is 883 g/mol. The normalized spacial score (nSPS) is 11.8. The number of hydrogen-bond donors (Lipinski definition) is 0. The van der Waals surface area contributed by atoms with E-state index in [9.17, 15) is 0 Å². The first-order chi connectivity index (χ1) is 34.2. The summed E-state index contributed by atoms with van der Waals surface area (Å²) in [5.74, 6) is 1.70. The van der Waals surface area contributed by atoms with Gasteiger partial charge in [0.15, 0.2) is 17.5 Å². The van der Waals surface area contributed by atoms with Crippen molar-refractivity contribution in [3.05, 3.63) is 231 Å². The second kappa shape index (κ2) is 15.6. The van der Waals surface area contributed by atoms with E-state index in [1.165, 1.54) is 21.9 Å². The van der Waals surface area contributed by atoms with Gasteiger partial charge in [-0.3, -0.25) is 0 Å². The van der Waals surface area contributed by atoms with Crippen LogP contribution in [0.5, 0.6) is 0 Å². The van der Waals surface area contributed by atoms with Crippen LogP contribution in [0.4, 0.5) is 0 Å². The molecule has 0 N–H and O–H groups in total. The molecule has 69 heavy (non-hydrogen) atoms. The van der Waals surface area contributed by atoms with Gasteiger partial charge in [-0.15, -0.1) is 0 Å². The lowest BCUT2D eigenvalue weighted by Crippen LogP contribution is -2.01. The van der Waals surface area contributed by atoms with Crippen molar-refractivity contribution in [3.8, 4) is 73.2 Å². The van der Waals surface area contributed by atoms with Crippen LogP contribution >= 0.6 is 0 Å². The quantitative estimate of drug-likeness (QED) is 0.159. The zero-order chi connectivity index (χ0) is 45.4. The third-order valence-electron chi connectivity index (χ3n) is 13.5. The monoisotopic (exact) mass is 882 g/mol. The highest BCUT2D eigenvalue weighted by molar-refractivity contribution is 6.16. The Balaban J connectivity index is 1.05. The van der Waals surface area contributed by atoms with E-state index in [0.717, 1.165) is 99.5 Å². The molecule has 0 amide bonds. The Bertz CT molecular complexity index is 4290. The molecule has 0 radical (unpaired) electrons.